The number of nitrogens with zero attached hydrogens (tertiary/aromatic N) is 3. The molecule has 0 spiro atoms. The van der Waals surface area contributed by atoms with Crippen molar-refractivity contribution in [2.45, 2.75) is 20.4 Å². The van der Waals surface area contributed by atoms with E-state index in [1.54, 1.807) is 24.7 Å². The van der Waals surface area contributed by atoms with Crippen molar-refractivity contribution in [3.8, 4) is 0 Å². The van der Waals surface area contributed by atoms with Gasteiger partial charge in [-0.3, -0.25) is 9.78 Å². The summed E-state index contributed by atoms with van der Waals surface area (Å²) in [5.74, 6) is 0.644. The van der Waals surface area contributed by atoms with E-state index >= 15 is 0 Å². The molecule has 21 heavy (non-hydrogen) atoms. The van der Waals surface area contributed by atoms with Gasteiger partial charge in [-0.25, -0.2) is 9.97 Å². The smallest absolute Gasteiger partial charge is 0.270 e. The highest BCUT2D eigenvalue weighted by Crippen LogP contribution is 2.04. The van der Waals surface area contributed by atoms with Gasteiger partial charge in [-0.2, -0.15) is 0 Å². The number of rotatable bonds is 6. The van der Waals surface area contributed by atoms with Gasteiger partial charge in [0.25, 0.3) is 5.91 Å². The molecule has 0 aliphatic rings. The predicted molar refractivity (Wildman–Crippen MR) is 80.8 cm³/mol. The van der Waals surface area contributed by atoms with Crippen LogP contribution in [-0.4, -0.2) is 27.4 Å². The highest BCUT2D eigenvalue weighted by molar-refractivity contribution is 5.92. The van der Waals surface area contributed by atoms with Crippen LogP contribution < -0.4 is 10.6 Å². The fourth-order valence-corrected chi connectivity index (χ4v) is 1.64. The summed E-state index contributed by atoms with van der Waals surface area (Å²) < 4.78 is 0. The molecule has 2 aromatic heterocycles. The Morgan fingerprint density at radius 1 is 1.29 bits per heavy atom. The number of nitrogens with one attached hydrogen (secondary N) is 2. The minimum atomic E-state index is -0.185. The quantitative estimate of drug-likeness (QED) is 0.847. The molecule has 110 valence electrons. The molecule has 0 bridgehead atoms. The Labute approximate surface area is 124 Å². The topological polar surface area (TPSA) is 79.8 Å². The minimum absolute atomic E-state index is 0.185. The molecule has 2 rings (SSSR count). The molecule has 6 nitrogen and oxygen atoms in total. The second-order valence-corrected chi connectivity index (χ2v) is 5.08. The summed E-state index contributed by atoms with van der Waals surface area (Å²) in [6.45, 7) is 5.27. The molecule has 2 aromatic rings. The lowest BCUT2D eigenvalue weighted by atomic mass is 10.2. The van der Waals surface area contributed by atoms with Crippen LogP contribution in [0.25, 0.3) is 0 Å². The van der Waals surface area contributed by atoms with Gasteiger partial charge >= 0.3 is 0 Å². The van der Waals surface area contributed by atoms with Crippen molar-refractivity contribution in [2.75, 3.05) is 11.9 Å². The van der Waals surface area contributed by atoms with Crippen LogP contribution in [0.3, 0.4) is 0 Å². The van der Waals surface area contributed by atoms with Gasteiger partial charge in [0.2, 0.25) is 5.95 Å². The van der Waals surface area contributed by atoms with Crippen molar-refractivity contribution in [1.29, 1.82) is 0 Å². The second kappa shape index (κ2) is 7.33. The van der Waals surface area contributed by atoms with Gasteiger partial charge in [0.15, 0.2) is 0 Å². The van der Waals surface area contributed by atoms with Gasteiger partial charge in [0.05, 0.1) is 0 Å². The third kappa shape index (κ3) is 4.83. The highest BCUT2D eigenvalue weighted by Gasteiger charge is 2.08. The molecule has 0 radical (unpaired) electrons. The molecule has 0 fully saturated rings. The molecule has 2 N–H and O–H groups in total. The van der Waals surface area contributed by atoms with E-state index in [2.05, 4.69) is 25.6 Å². The number of carbonyl (C=O) groups excluding carboxylic acids is 1. The maximum atomic E-state index is 11.9. The van der Waals surface area contributed by atoms with Gasteiger partial charge in [-0.05, 0) is 23.6 Å². The summed E-state index contributed by atoms with van der Waals surface area (Å²) in [4.78, 5) is 24.3. The lowest BCUT2D eigenvalue weighted by Crippen LogP contribution is -2.28. The van der Waals surface area contributed by atoms with Crippen molar-refractivity contribution < 1.29 is 4.79 Å². The number of carbonyl (C=O) groups is 1. The Morgan fingerprint density at radius 3 is 2.86 bits per heavy atom. The first-order valence-corrected chi connectivity index (χ1v) is 6.89. The van der Waals surface area contributed by atoms with Crippen molar-refractivity contribution in [1.82, 2.24) is 20.3 Å². The first-order chi connectivity index (χ1) is 10.1. The summed E-state index contributed by atoms with van der Waals surface area (Å²) in [6.07, 6.45) is 5.06. The Balaban J connectivity index is 1.96. The van der Waals surface area contributed by atoms with Crippen molar-refractivity contribution in [3.63, 3.8) is 0 Å². The van der Waals surface area contributed by atoms with E-state index < -0.39 is 0 Å². The Kier molecular flexibility index (Phi) is 5.20. The highest BCUT2D eigenvalue weighted by atomic mass is 16.1. The van der Waals surface area contributed by atoms with Crippen molar-refractivity contribution in [2.24, 2.45) is 5.92 Å². The predicted octanol–water partition coefficient (Wildman–Crippen LogP) is 1.87. The third-order valence-electron chi connectivity index (χ3n) is 2.73. The lowest BCUT2D eigenvalue weighted by molar-refractivity contribution is 0.0944. The summed E-state index contributed by atoms with van der Waals surface area (Å²) in [6, 6.07) is 5.43. The molecule has 1 amide bonds. The maximum Gasteiger partial charge on any atom is 0.270 e. The molecule has 0 aliphatic carbocycles. The summed E-state index contributed by atoms with van der Waals surface area (Å²) in [5.41, 5.74) is 1.38. The Morgan fingerprint density at radius 2 is 2.14 bits per heavy atom. The van der Waals surface area contributed by atoms with Crippen molar-refractivity contribution in [3.05, 3.63) is 48.0 Å². The van der Waals surface area contributed by atoms with E-state index in [-0.39, 0.29) is 5.91 Å². The number of hydrogen-bond donors (Lipinski definition) is 2. The van der Waals surface area contributed by atoms with Crippen LogP contribution in [0.4, 0.5) is 5.95 Å². The monoisotopic (exact) mass is 285 g/mol. The average molecular weight is 285 g/mol. The Bertz CT molecular complexity index is 586. The zero-order chi connectivity index (χ0) is 15.1. The molecular weight excluding hydrogens is 266 g/mol. The number of aromatic nitrogens is 3. The lowest BCUT2D eigenvalue weighted by Gasteiger charge is -2.08. The molecule has 0 unspecified atom stereocenters. The number of pyridine rings is 1. The second-order valence-electron chi connectivity index (χ2n) is 5.08. The SMILES string of the molecule is CC(C)CNC(=O)c1ccnc(NCc2cccnc2)n1. The van der Waals surface area contributed by atoms with Gasteiger partial charge < -0.3 is 10.6 Å². The molecule has 6 heteroatoms. The van der Waals surface area contributed by atoms with Crippen LogP contribution in [0.15, 0.2) is 36.8 Å². The number of hydrogen-bond acceptors (Lipinski definition) is 5. The molecule has 0 aromatic carbocycles. The third-order valence-corrected chi connectivity index (χ3v) is 2.73. The fraction of sp³-hybridized carbons (Fsp3) is 0.333. The normalized spacial score (nSPS) is 10.4. The summed E-state index contributed by atoms with van der Waals surface area (Å²) in [7, 11) is 0. The van der Waals surface area contributed by atoms with Gasteiger partial charge in [0, 0.05) is 31.7 Å². The van der Waals surface area contributed by atoms with E-state index in [9.17, 15) is 4.79 Å². The van der Waals surface area contributed by atoms with Gasteiger partial charge in [-0.15, -0.1) is 0 Å². The van der Waals surface area contributed by atoms with E-state index in [0.717, 1.165) is 5.56 Å². The standard InChI is InChI=1S/C15H19N5O/c1-11(2)8-18-14(21)13-5-7-17-15(20-13)19-10-12-4-3-6-16-9-12/h3-7,9,11H,8,10H2,1-2H3,(H,18,21)(H,17,19,20). The largest absolute Gasteiger partial charge is 0.350 e. The van der Waals surface area contributed by atoms with E-state index in [1.807, 2.05) is 26.0 Å². The zero-order valence-electron chi connectivity index (χ0n) is 12.2. The van der Waals surface area contributed by atoms with Crippen LogP contribution in [0, 0.1) is 5.92 Å². The first kappa shape index (κ1) is 14.9. The first-order valence-electron chi connectivity index (χ1n) is 6.89. The molecular formula is C15H19N5O. The zero-order valence-corrected chi connectivity index (χ0v) is 12.2. The molecule has 0 saturated heterocycles. The average Bonchev–Trinajstić information content (AvgIpc) is 2.52. The Hall–Kier alpha value is -2.50. The molecule has 0 atom stereocenters. The van der Waals surface area contributed by atoms with Crippen LogP contribution in [-0.2, 0) is 6.54 Å². The summed E-state index contributed by atoms with van der Waals surface area (Å²) in [5, 5.41) is 5.91. The van der Waals surface area contributed by atoms with Gasteiger partial charge in [0.1, 0.15) is 5.69 Å². The fourth-order valence-electron chi connectivity index (χ4n) is 1.64. The minimum Gasteiger partial charge on any atom is -0.350 e. The van der Waals surface area contributed by atoms with Crippen LogP contribution >= 0.6 is 0 Å². The summed E-state index contributed by atoms with van der Waals surface area (Å²) >= 11 is 0. The van der Waals surface area contributed by atoms with E-state index in [1.165, 1.54) is 0 Å². The number of amides is 1. The maximum absolute atomic E-state index is 11.9. The van der Waals surface area contributed by atoms with E-state index in [0.29, 0.717) is 30.6 Å². The van der Waals surface area contributed by atoms with Crippen LogP contribution in [0.1, 0.15) is 29.9 Å². The molecule has 0 aliphatic heterocycles. The van der Waals surface area contributed by atoms with Crippen LogP contribution in [0.2, 0.25) is 0 Å². The molecule has 0 saturated carbocycles. The number of anilines is 1. The van der Waals surface area contributed by atoms with Crippen LogP contribution in [0.5, 0.6) is 0 Å². The molecule has 2 heterocycles. The van der Waals surface area contributed by atoms with E-state index in [4.69, 9.17) is 0 Å². The van der Waals surface area contributed by atoms with Gasteiger partial charge in [-0.1, -0.05) is 19.9 Å². The van der Waals surface area contributed by atoms with Crippen molar-refractivity contribution >= 4 is 11.9 Å².